The van der Waals surface area contributed by atoms with Crippen LogP contribution in [0.4, 0.5) is 0 Å². The van der Waals surface area contributed by atoms with Crippen LogP contribution in [0.25, 0.3) is 0 Å². The van der Waals surface area contributed by atoms with E-state index in [0.717, 1.165) is 55.2 Å². The molecule has 4 unspecified atom stereocenters. The van der Waals surface area contributed by atoms with Crippen LogP contribution in [0.1, 0.15) is 158 Å². The predicted molar refractivity (Wildman–Crippen MR) is 195 cm³/mol. The molecule has 1 aromatic rings. The van der Waals surface area contributed by atoms with Crippen molar-refractivity contribution in [1.29, 1.82) is 0 Å². The molecule has 0 aliphatic heterocycles. The van der Waals surface area contributed by atoms with E-state index >= 15 is 0 Å². The van der Waals surface area contributed by atoms with Crippen LogP contribution in [-0.4, -0.2) is 41.5 Å². The van der Waals surface area contributed by atoms with E-state index in [0.29, 0.717) is 50.6 Å². The molecular weight excluding hydrogens is 600 g/mol. The number of rotatable bonds is 13. The first-order valence-corrected chi connectivity index (χ1v) is 18.6. The number of benzene rings is 1. The number of unbranched alkanes of at least 4 members (excludes halogenated alkanes) is 3. The second-order valence-electron chi connectivity index (χ2n) is 18.9. The molecule has 48 heavy (non-hydrogen) atoms. The fourth-order valence-corrected chi connectivity index (χ4v) is 8.19. The van der Waals surface area contributed by atoms with Gasteiger partial charge in [-0.3, -0.25) is 9.59 Å². The molecule has 0 aromatic heterocycles. The van der Waals surface area contributed by atoms with Crippen LogP contribution in [0.3, 0.4) is 0 Å². The summed E-state index contributed by atoms with van der Waals surface area (Å²) in [5, 5.41) is 22.5. The molecule has 0 heterocycles. The quantitative estimate of drug-likeness (QED) is 0.124. The summed E-state index contributed by atoms with van der Waals surface area (Å²) in [7, 11) is 0. The smallest absolute Gasteiger partial charge is 0.306 e. The maximum absolute atomic E-state index is 12.7. The zero-order chi connectivity index (χ0) is 36.3. The van der Waals surface area contributed by atoms with E-state index in [4.69, 9.17) is 9.47 Å². The third-order valence-electron chi connectivity index (χ3n) is 11.1. The number of carbonyl (C=O) groups is 2. The van der Waals surface area contributed by atoms with Gasteiger partial charge in [0.25, 0.3) is 0 Å². The third kappa shape index (κ3) is 9.67. The summed E-state index contributed by atoms with van der Waals surface area (Å²) in [6.45, 7) is 26.7. The molecule has 6 heteroatoms. The molecule has 0 saturated heterocycles. The van der Waals surface area contributed by atoms with E-state index < -0.39 is 0 Å². The minimum atomic E-state index is -0.371. The number of phenolic OH excluding ortho intramolecular Hbond substituents is 1. The van der Waals surface area contributed by atoms with Crippen LogP contribution in [0.5, 0.6) is 5.75 Å². The van der Waals surface area contributed by atoms with E-state index in [1.54, 1.807) is 0 Å². The number of fused-ring (bicyclic) bond motifs is 2. The van der Waals surface area contributed by atoms with Crippen molar-refractivity contribution in [1.82, 2.24) is 0 Å². The van der Waals surface area contributed by atoms with Crippen LogP contribution in [0.15, 0.2) is 23.8 Å². The van der Waals surface area contributed by atoms with E-state index in [-0.39, 0.29) is 51.0 Å². The molecule has 0 amide bonds. The van der Waals surface area contributed by atoms with Gasteiger partial charge >= 0.3 is 11.9 Å². The van der Waals surface area contributed by atoms with Gasteiger partial charge in [-0.15, -0.1) is 0 Å². The number of carbonyl (C=O) groups excluding carboxylic acids is 2. The lowest BCUT2D eigenvalue weighted by molar-refractivity contribution is -0.146. The molecule has 1 aromatic carbocycles. The molecule has 1 saturated carbocycles. The molecule has 3 aliphatic carbocycles. The van der Waals surface area contributed by atoms with Gasteiger partial charge in [0.2, 0.25) is 0 Å². The minimum Gasteiger partial charge on any atom is -0.507 e. The van der Waals surface area contributed by atoms with Gasteiger partial charge in [-0.05, 0) is 102 Å². The number of phenols is 1. The second kappa shape index (κ2) is 15.3. The van der Waals surface area contributed by atoms with Crippen LogP contribution in [0.2, 0.25) is 0 Å². The molecule has 2 N–H and O–H groups in total. The summed E-state index contributed by atoms with van der Waals surface area (Å²) < 4.78 is 11.1. The number of aromatic hydroxyl groups is 1. The van der Waals surface area contributed by atoms with Crippen LogP contribution >= 0.6 is 0 Å². The summed E-state index contributed by atoms with van der Waals surface area (Å²) >= 11 is 0. The molecule has 3 aliphatic rings. The number of esters is 2. The summed E-state index contributed by atoms with van der Waals surface area (Å²) in [6, 6.07) is 4.05. The van der Waals surface area contributed by atoms with Crippen molar-refractivity contribution < 1.29 is 29.3 Å². The Morgan fingerprint density at radius 3 is 1.69 bits per heavy atom. The zero-order valence-electron chi connectivity index (χ0n) is 32.5. The standard InChI is InChI=1S/C42H68O6/c1-38(2,3)31-25-28(26-32(36(31)45)39(4,5)6)17-19-33(43)47-23-15-13-14-16-24-48-34(44)20-18-29-27-42(41(10,11)12)22-21-30(29)35(37(42)46)40(7,8)9/h25-27,30,35,37,45-46H,13-24H2,1-12H3. The Labute approximate surface area is 292 Å². The number of aliphatic hydroxyl groups excluding tert-OH is 1. The van der Waals surface area contributed by atoms with Gasteiger partial charge in [-0.2, -0.15) is 0 Å². The normalized spacial score (nSPS) is 23.2. The Morgan fingerprint density at radius 2 is 1.25 bits per heavy atom. The van der Waals surface area contributed by atoms with Crippen molar-refractivity contribution in [2.75, 3.05) is 13.2 Å². The lowest BCUT2D eigenvalue weighted by Gasteiger charge is -2.61. The Balaban J connectivity index is 1.36. The number of ether oxygens (including phenoxy) is 2. The lowest BCUT2D eigenvalue weighted by atomic mass is 9.45. The molecule has 0 radical (unpaired) electrons. The molecular formula is C42H68O6. The monoisotopic (exact) mass is 669 g/mol. The Hall–Kier alpha value is -2.34. The van der Waals surface area contributed by atoms with Gasteiger partial charge in [0.05, 0.1) is 19.3 Å². The average Bonchev–Trinajstić information content (AvgIpc) is 2.94. The van der Waals surface area contributed by atoms with Gasteiger partial charge in [0.15, 0.2) is 0 Å². The third-order valence-corrected chi connectivity index (χ3v) is 11.1. The highest BCUT2D eigenvalue weighted by molar-refractivity contribution is 5.70. The molecule has 4 rings (SSSR count). The highest BCUT2D eigenvalue weighted by atomic mass is 16.5. The largest absolute Gasteiger partial charge is 0.507 e. The van der Waals surface area contributed by atoms with Crippen LogP contribution < -0.4 is 0 Å². The number of hydrogen-bond acceptors (Lipinski definition) is 6. The minimum absolute atomic E-state index is 0.0138. The molecule has 6 nitrogen and oxygen atoms in total. The number of hydrogen-bond donors (Lipinski definition) is 2. The SMILES string of the molecule is CC(C)(C)c1cc(CCC(=O)OCCCCCCOC(=O)CCC2=CC3(C(C)(C)C)CCC2C(C(C)(C)C)C3O)cc(C(C)(C)C)c1O. The average molecular weight is 669 g/mol. The summed E-state index contributed by atoms with van der Waals surface area (Å²) in [4.78, 5) is 25.1. The number of aryl methyl sites for hydroxylation is 1. The second-order valence-corrected chi connectivity index (χ2v) is 18.9. The van der Waals surface area contributed by atoms with Gasteiger partial charge in [0, 0.05) is 18.3 Å². The van der Waals surface area contributed by atoms with E-state index in [9.17, 15) is 19.8 Å². The number of aliphatic hydroxyl groups is 1. The maximum Gasteiger partial charge on any atom is 0.306 e. The van der Waals surface area contributed by atoms with Gasteiger partial charge in [-0.1, -0.05) is 107 Å². The summed E-state index contributed by atoms with van der Waals surface area (Å²) in [6.07, 6.45) is 9.40. The van der Waals surface area contributed by atoms with E-state index in [1.165, 1.54) is 5.57 Å². The van der Waals surface area contributed by atoms with Crippen molar-refractivity contribution in [2.45, 2.75) is 164 Å². The Kier molecular flexibility index (Phi) is 12.8. The first-order chi connectivity index (χ1) is 22.0. The molecule has 0 spiro atoms. The molecule has 2 bridgehead atoms. The Morgan fingerprint density at radius 1 is 0.771 bits per heavy atom. The predicted octanol–water partition coefficient (Wildman–Crippen LogP) is 9.75. The van der Waals surface area contributed by atoms with E-state index in [1.807, 2.05) is 12.1 Å². The van der Waals surface area contributed by atoms with Gasteiger partial charge < -0.3 is 19.7 Å². The van der Waals surface area contributed by atoms with Gasteiger partial charge in [0.1, 0.15) is 5.75 Å². The van der Waals surface area contributed by atoms with Gasteiger partial charge in [-0.25, -0.2) is 0 Å². The zero-order valence-corrected chi connectivity index (χ0v) is 32.5. The highest BCUT2D eigenvalue weighted by Crippen LogP contribution is 2.63. The summed E-state index contributed by atoms with van der Waals surface area (Å²) in [5.41, 5.74) is 3.44. The Bertz CT molecular complexity index is 1260. The molecule has 4 atom stereocenters. The van der Waals surface area contributed by atoms with Crippen molar-refractivity contribution in [3.8, 4) is 5.75 Å². The highest BCUT2D eigenvalue weighted by Gasteiger charge is 2.59. The van der Waals surface area contributed by atoms with Crippen molar-refractivity contribution >= 4 is 11.9 Å². The number of allylic oxidation sites excluding steroid dienone is 1. The fourth-order valence-electron chi connectivity index (χ4n) is 8.19. The lowest BCUT2D eigenvalue weighted by Crippen LogP contribution is -2.59. The molecule has 1 fully saturated rings. The van der Waals surface area contributed by atoms with Crippen molar-refractivity contribution in [3.05, 3.63) is 40.5 Å². The van der Waals surface area contributed by atoms with Crippen molar-refractivity contribution in [2.24, 2.45) is 28.1 Å². The van der Waals surface area contributed by atoms with E-state index in [2.05, 4.69) is 89.2 Å². The first-order valence-electron chi connectivity index (χ1n) is 18.6. The van der Waals surface area contributed by atoms with Crippen LogP contribution in [-0.2, 0) is 36.3 Å². The fraction of sp³-hybridized carbons (Fsp3) is 0.762. The molecule has 272 valence electrons. The first kappa shape index (κ1) is 40.1. The summed E-state index contributed by atoms with van der Waals surface area (Å²) in [5.74, 6) is 0.501. The maximum atomic E-state index is 12.7. The topological polar surface area (TPSA) is 93.1 Å². The van der Waals surface area contributed by atoms with Crippen LogP contribution in [0, 0.1) is 28.1 Å². The van der Waals surface area contributed by atoms with Crippen molar-refractivity contribution in [3.63, 3.8) is 0 Å².